The number of aliphatic hydroxyl groups is 1. The summed E-state index contributed by atoms with van der Waals surface area (Å²) in [5.41, 5.74) is -0.464. The summed E-state index contributed by atoms with van der Waals surface area (Å²) >= 11 is 0. The lowest BCUT2D eigenvalue weighted by molar-refractivity contribution is 0.00928. The number of amides is 1. The molecule has 0 aromatic rings. The summed E-state index contributed by atoms with van der Waals surface area (Å²) < 4.78 is 5.66. The maximum Gasteiger partial charge on any atom is 0.410 e. The first-order chi connectivity index (χ1) is 12.3. The van der Waals surface area contributed by atoms with Gasteiger partial charge >= 0.3 is 6.09 Å². The molecule has 2 rings (SSSR count). The van der Waals surface area contributed by atoms with E-state index in [1.807, 2.05) is 32.6 Å². The second-order valence-corrected chi connectivity index (χ2v) is 8.25. The Balaban J connectivity index is 1.96. The number of ether oxygens (including phenoxy) is 1. The van der Waals surface area contributed by atoms with Crippen molar-refractivity contribution >= 4 is 12.1 Å². The van der Waals surface area contributed by atoms with Crippen molar-refractivity contribution in [3.05, 3.63) is 0 Å². The minimum atomic E-state index is -0.464. The third kappa shape index (κ3) is 6.67. The number of hydrogen-bond donors (Lipinski definition) is 2. The Morgan fingerprint density at radius 2 is 1.92 bits per heavy atom. The van der Waals surface area contributed by atoms with E-state index in [-0.39, 0.29) is 18.7 Å². The van der Waals surface area contributed by atoms with Gasteiger partial charge < -0.3 is 25.0 Å². The Morgan fingerprint density at radius 3 is 2.42 bits per heavy atom. The van der Waals surface area contributed by atoms with E-state index in [0.29, 0.717) is 12.5 Å². The van der Waals surface area contributed by atoms with E-state index in [4.69, 9.17) is 9.84 Å². The monoisotopic (exact) mass is 368 g/mol. The molecule has 1 saturated carbocycles. The molecule has 0 atom stereocenters. The van der Waals surface area contributed by atoms with Crippen molar-refractivity contribution in [2.24, 2.45) is 10.9 Å². The van der Waals surface area contributed by atoms with Crippen LogP contribution in [-0.4, -0.2) is 77.9 Å². The van der Waals surface area contributed by atoms with Crippen LogP contribution in [0.15, 0.2) is 4.99 Å². The quantitative estimate of drug-likeness (QED) is 0.554. The van der Waals surface area contributed by atoms with E-state index < -0.39 is 5.60 Å². The molecule has 26 heavy (non-hydrogen) atoms. The topological polar surface area (TPSA) is 77.4 Å². The molecule has 1 aliphatic heterocycles. The Hall–Kier alpha value is -1.50. The van der Waals surface area contributed by atoms with E-state index in [1.54, 1.807) is 0 Å². The van der Waals surface area contributed by atoms with Crippen LogP contribution >= 0.6 is 0 Å². The summed E-state index contributed by atoms with van der Waals surface area (Å²) in [5.74, 6) is 1.50. The summed E-state index contributed by atoms with van der Waals surface area (Å²) in [4.78, 5) is 21.3. The second-order valence-electron chi connectivity index (χ2n) is 8.25. The van der Waals surface area contributed by atoms with E-state index >= 15 is 0 Å². The Morgan fingerprint density at radius 1 is 1.27 bits per heavy atom. The molecule has 2 aliphatic rings. The number of rotatable bonds is 6. The predicted molar refractivity (Wildman–Crippen MR) is 103 cm³/mol. The number of likely N-dealkylation sites (tertiary alicyclic amines) is 1. The molecule has 0 aromatic heterocycles. The van der Waals surface area contributed by atoms with Gasteiger partial charge in [-0.15, -0.1) is 0 Å². The van der Waals surface area contributed by atoms with Gasteiger partial charge in [0.05, 0.1) is 13.2 Å². The van der Waals surface area contributed by atoms with Gasteiger partial charge in [0.2, 0.25) is 0 Å². The number of hydrogen-bond acceptors (Lipinski definition) is 4. The summed E-state index contributed by atoms with van der Waals surface area (Å²) in [5, 5.41) is 12.3. The molecule has 2 N–H and O–H groups in total. The number of nitrogens with zero attached hydrogens (tertiary/aromatic N) is 3. The minimum Gasteiger partial charge on any atom is -0.444 e. The van der Waals surface area contributed by atoms with Crippen molar-refractivity contribution in [2.75, 3.05) is 39.3 Å². The number of guanidine groups is 1. The molecular weight excluding hydrogens is 332 g/mol. The SMILES string of the molecule is CCNC(=NCCO)N1CCC(N(CC2CC2)C(=O)OC(C)(C)C)CC1. The highest BCUT2D eigenvalue weighted by Gasteiger charge is 2.35. The smallest absolute Gasteiger partial charge is 0.410 e. The Labute approximate surface area is 157 Å². The van der Waals surface area contributed by atoms with Gasteiger partial charge in [0.1, 0.15) is 5.60 Å². The zero-order valence-corrected chi connectivity index (χ0v) is 16.8. The highest BCUT2D eigenvalue weighted by Crippen LogP contribution is 2.32. The number of piperidine rings is 1. The van der Waals surface area contributed by atoms with Crippen LogP contribution in [0.4, 0.5) is 4.79 Å². The fourth-order valence-electron chi connectivity index (χ4n) is 3.24. The van der Waals surface area contributed by atoms with E-state index in [0.717, 1.165) is 45.0 Å². The lowest BCUT2D eigenvalue weighted by Crippen LogP contribution is -2.52. The molecule has 7 nitrogen and oxygen atoms in total. The molecule has 1 amide bonds. The number of carbonyl (C=O) groups is 1. The molecule has 0 radical (unpaired) electrons. The standard InChI is InChI=1S/C19H36N4O3/c1-5-20-17(21-10-13-24)22-11-8-16(9-12-22)23(14-15-6-7-15)18(25)26-19(2,3)4/h15-16,24H,5-14H2,1-4H3,(H,20,21). The van der Waals surface area contributed by atoms with Crippen molar-refractivity contribution in [1.29, 1.82) is 0 Å². The Kier molecular flexibility index (Phi) is 7.55. The maximum atomic E-state index is 12.7. The number of aliphatic imine (C=N–C) groups is 1. The van der Waals surface area contributed by atoms with Gasteiger partial charge in [0.25, 0.3) is 0 Å². The van der Waals surface area contributed by atoms with Crippen LogP contribution in [0.1, 0.15) is 53.4 Å². The first-order valence-corrected chi connectivity index (χ1v) is 9.97. The fourth-order valence-corrected chi connectivity index (χ4v) is 3.24. The number of carbonyl (C=O) groups excluding carboxylic acids is 1. The molecule has 150 valence electrons. The molecule has 1 aliphatic carbocycles. The van der Waals surface area contributed by atoms with Gasteiger partial charge in [-0.2, -0.15) is 0 Å². The first-order valence-electron chi connectivity index (χ1n) is 9.97. The lowest BCUT2D eigenvalue weighted by atomic mass is 10.0. The van der Waals surface area contributed by atoms with Crippen molar-refractivity contribution in [2.45, 2.75) is 65.0 Å². The summed E-state index contributed by atoms with van der Waals surface area (Å²) in [6.45, 7) is 11.6. The van der Waals surface area contributed by atoms with Gasteiger partial charge in [-0.25, -0.2) is 4.79 Å². The second kappa shape index (κ2) is 9.44. The lowest BCUT2D eigenvalue weighted by Gasteiger charge is -2.40. The third-order valence-corrected chi connectivity index (χ3v) is 4.68. The largest absolute Gasteiger partial charge is 0.444 e. The molecule has 1 heterocycles. The third-order valence-electron chi connectivity index (χ3n) is 4.68. The first kappa shape index (κ1) is 20.8. The van der Waals surface area contributed by atoms with Crippen LogP contribution in [0, 0.1) is 5.92 Å². The van der Waals surface area contributed by atoms with Crippen molar-refractivity contribution in [3.63, 3.8) is 0 Å². The molecule has 0 spiro atoms. The van der Waals surface area contributed by atoms with Crippen LogP contribution in [-0.2, 0) is 4.74 Å². The highest BCUT2D eigenvalue weighted by molar-refractivity contribution is 5.80. The van der Waals surface area contributed by atoms with Crippen LogP contribution in [0.2, 0.25) is 0 Å². The molecule has 7 heteroatoms. The van der Waals surface area contributed by atoms with Gasteiger partial charge in [-0.3, -0.25) is 4.99 Å². The van der Waals surface area contributed by atoms with E-state index in [9.17, 15) is 4.79 Å². The van der Waals surface area contributed by atoms with Crippen LogP contribution in [0.25, 0.3) is 0 Å². The van der Waals surface area contributed by atoms with Crippen LogP contribution in [0.3, 0.4) is 0 Å². The van der Waals surface area contributed by atoms with E-state index in [2.05, 4.69) is 15.2 Å². The molecular formula is C19H36N4O3. The summed E-state index contributed by atoms with van der Waals surface area (Å²) in [6, 6.07) is 0.224. The molecule has 2 fully saturated rings. The Bertz CT molecular complexity index is 478. The van der Waals surface area contributed by atoms with Gasteiger partial charge in [-0.1, -0.05) is 0 Å². The minimum absolute atomic E-state index is 0.0547. The van der Waals surface area contributed by atoms with Crippen molar-refractivity contribution in [3.8, 4) is 0 Å². The summed E-state index contributed by atoms with van der Waals surface area (Å²) in [7, 11) is 0. The zero-order valence-electron chi connectivity index (χ0n) is 16.8. The zero-order chi connectivity index (χ0) is 19.2. The highest BCUT2D eigenvalue weighted by atomic mass is 16.6. The maximum absolute atomic E-state index is 12.7. The van der Waals surface area contributed by atoms with Crippen molar-refractivity contribution in [1.82, 2.24) is 15.1 Å². The summed E-state index contributed by atoms with van der Waals surface area (Å²) in [6.07, 6.45) is 4.08. The molecule has 0 bridgehead atoms. The number of nitrogens with one attached hydrogen (secondary N) is 1. The van der Waals surface area contributed by atoms with Crippen LogP contribution < -0.4 is 5.32 Å². The number of aliphatic hydroxyl groups excluding tert-OH is 1. The molecule has 0 aromatic carbocycles. The molecule has 1 saturated heterocycles. The predicted octanol–water partition coefficient (Wildman–Crippen LogP) is 2.06. The average molecular weight is 369 g/mol. The van der Waals surface area contributed by atoms with Crippen LogP contribution in [0.5, 0.6) is 0 Å². The van der Waals surface area contributed by atoms with Gasteiger partial charge in [0, 0.05) is 32.2 Å². The van der Waals surface area contributed by atoms with Gasteiger partial charge in [0.15, 0.2) is 5.96 Å². The van der Waals surface area contributed by atoms with Crippen molar-refractivity contribution < 1.29 is 14.6 Å². The van der Waals surface area contributed by atoms with Gasteiger partial charge in [-0.05, 0) is 59.3 Å². The van der Waals surface area contributed by atoms with E-state index in [1.165, 1.54) is 12.8 Å². The average Bonchev–Trinajstić information content (AvgIpc) is 3.39. The fraction of sp³-hybridized carbons (Fsp3) is 0.895. The molecule has 0 unspecified atom stereocenters. The normalized spacial score (nSPS) is 19.4.